The van der Waals surface area contributed by atoms with Crippen LogP contribution in [0.2, 0.25) is 0 Å². The maximum Gasteiger partial charge on any atom is 0.408 e. The Morgan fingerprint density at radius 1 is 1.00 bits per heavy atom. The SMILES string of the molecule is O=C(N[C@@H](Cc1cnc[nH]1)C(=O)N/N=C\c1ccc(OCc2cccc(F)c2)cc1)OCc1ccccc1. The number of halogens is 1. The minimum absolute atomic E-state index is 0.0746. The van der Waals surface area contributed by atoms with Crippen molar-refractivity contribution in [1.82, 2.24) is 20.7 Å². The Morgan fingerprint density at radius 2 is 1.79 bits per heavy atom. The molecule has 3 N–H and O–H groups in total. The molecule has 0 saturated heterocycles. The predicted octanol–water partition coefficient (Wildman–Crippen LogP) is 4.12. The summed E-state index contributed by atoms with van der Waals surface area (Å²) in [6.07, 6.45) is 3.96. The van der Waals surface area contributed by atoms with Crippen LogP contribution < -0.4 is 15.5 Å². The largest absolute Gasteiger partial charge is 0.489 e. The molecule has 0 unspecified atom stereocenters. The summed E-state index contributed by atoms with van der Waals surface area (Å²) in [4.78, 5) is 32.0. The molecule has 0 aliphatic heterocycles. The van der Waals surface area contributed by atoms with Crippen LogP contribution in [-0.4, -0.2) is 34.2 Å². The highest BCUT2D eigenvalue weighted by Gasteiger charge is 2.22. The number of nitrogens with zero attached hydrogens (tertiary/aromatic N) is 2. The molecule has 3 aromatic carbocycles. The van der Waals surface area contributed by atoms with Crippen molar-refractivity contribution in [1.29, 1.82) is 0 Å². The summed E-state index contributed by atoms with van der Waals surface area (Å²) in [7, 11) is 0. The molecule has 38 heavy (non-hydrogen) atoms. The van der Waals surface area contributed by atoms with E-state index >= 15 is 0 Å². The van der Waals surface area contributed by atoms with Crippen LogP contribution in [0.25, 0.3) is 0 Å². The summed E-state index contributed by atoms with van der Waals surface area (Å²) in [6.45, 7) is 0.310. The number of benzene rings is 3. The highest BCUT2D eigenvalue weighted by atomic mass is 19.1. The summed E-state index contributed by atoms with van der Waals surface area (Å²) in [5.41, 5.74) is 5.37. The van der Waals surface area contributed by atoms with E-state index in [1.165, 1.54) is 24.7 Å². The summed E-state index contributed by atoms with van der Waals surface area (Å²) < 4.78 is 24.2. The van der Waals surface area contributed by atoms with Crippen LogP contribution in [0.15, 0.2) is 96.5 Å². The first kappa shape index (κ1) is 26.1. The van der Waals surface area contributed by atoms with Gasteiger partial charge in [0.1, 0.15) is 30.8 Å². The van der Waals surface area contributed by atoms with Crippen LogP contribution in [0, 0.1) is 5.82 Å². The van der Waals surface area contributed by atoms with Crippen molar-refractivity contribution >= 4 is 18.2 Å². The molecule has 1 atom stereocenters. The van der Waals surface area contributed by atoms with E-state index in [4.69, 9.17) is 9.47 Å². The molecular weight excluding hydrogens is 489 g/mol. The standard InChI is InChI=1S/C28H26FN5O4/c29-23-8-4-7-22(13-23)18-37-25-11-9-20(10-12-25)15-32-34-27(35)26(14-24-16-30-19-31-24)33-28(36)38-17-21-5-2-1-3-6-21/h1-13,15-16,19,26H,14,17-18H2,(H,30,31)(H,33,36)(H,34,35)/b32-15-/t26-/m0/s1. The lowest BCUT2D eigenvalue weighted by Crippen LogP contribution is -2.47. The smallest absolute Gasteiger partial charge is 0.408 e. The lowest BCUT2D eigenvalue weighted by Gasteiger charge is -2.16. The zero-order chi connectivity index (χ0) is 26.6. The fraction of sp³-hybridized carbons (Fsp3) is 0.143. The Balaban J connectivity index is 1.29. The average Bonchev–Trinajstić information content (AvgIpc) is 3.45. The van der Waals surface area contributed by atoms with Gasteiger partial charge in [0, 0.05) is 18.3 Å². The molecule has 2 amide bonds. The molecule has 4 aromatic rings. The number of aromatic nitrogens is 2. The number of aromatic amines is 1. The number of hydrazone groups is 1. The first-order valence-corrected chi connectivity index (χ1v) is 11.8. The minimum Gasteiger partial charge on any atom is -0.489 e. The van der Waals surface area contributed by atoms with Crippen LogP contribution in [0.4, 0.5) is 9.18 Å². The topological polar surface area (TPSA) is 118 Å². The first-order valence-electron chi connectivity index (χ1n) is 11.8. The number of hydrogen-bond donors (Lipinski definition) is 3. The van der Waals surface area contributed by atoms with E-state index in [1.807, 2.05) is 30.3 Å². The fourth-order valence-corrected chi connectivity index (χ4v) is 3.42. The van der Waals surface area contributed by atoms with Crippen molar-refractivity contribution in [3.05, 3.63) is 120 Å². The number of alkyl carbamates (subject to hydrolysis) is 1. The third-order valence-corrected chi connectivity index (χ3v) is 5.36. The van der Waals surface area contributed by atoms with Gasteiger partial charge >= 0.3 is 6.09 Å². The van der Waals surface area contributed by atoms with E-state index in [9.17, 15) is 14.0 Å². The van der Waals surface area contributed by atoms with Gasteiger partial charge in [-0.1, -0.05) is 42.5 Å². The number of carbonyl (C=O) groups is 2. The van der Waals surface area contributed by atoms with Crippen molar-refractivity contribution in [3.8, 4) is 5.75 Å². The monoisotopic (exact) mass is 515 g/mol. The molecule has 9 nitrogen and oxygen atoms in total. The Labute approximate surface area is 218 Å². The van der Waals surface area contributed by atoms with Crippen molar-refractivity contribution in [2.45, 2.75) is 25.7 Å². The van der Waals surface area contributed by atoms with Gasteiger partial charge in [0.2, 0.25) is 0 Å². The van der Waals surface area contributed by atoms with Crippen LogP contribution in [0.5, 0.6) is 5.75 Å². The molecule has 194 valence electrons. The molecule has 0 aliphatic carbocycles. The van der Waals surface area contributed by atoms with Gasteiger partial charge in [-0.25, -0.2) is 19.6 Å². The van der Waals surface area contributed by atoms with Crippen molar-refractivity contribution < 1.29 is 23.5 Å². The van der Waals surface area contributed by atoms with Gasteiger partial charge in [-0.15, -0.1) is 0 Å². The highest BCUT2D eigenvalue weighted by Crippen LogP contribution is 2.14. The second kappa shape index (κ2) is 13.4. The second-order valence-corrected chi connectivity index (χ2v) is 8.26. The van der Waals surface area contributed by atoms with Crippen molar-refractivity contribution in [2.24, 2.45) is 5.10 Å². The number of amides is 2. The summed E-state index contributed by atoms with van der Waals surface area (Å²) in [5.74, 6) is -0.235. The summed E-state index contributed by atoms with van der Waals surface area (Å²) in [5, 5.41) is 6.58. The Morgan fingerprint density at radius 3 is 2.53 bits per heavy atom. The molecule has 4 rings (SSSR count). The minimum atomic E-state index is -0.950. The molecule has 0 bridgehead atoms. The molecule has 0 aliphatic rings. The number of ether oxygens (including phenoxy) is 2. The van der Waals surface area contributed by atoms with Crippen LogP contribution in [-0.2, 0) is 29.2 Å². The molecular formula is C28H26FN5O4. The van der Waals surface area contributed by atoms with E-state index in [0.717, 1.165) is 11.1 Å². The Hall–Kier alpha value is -4.99. The fourth-order valence-electron chi connectivity index (χ4n) is 3.42. The van der Waals surface area contributed by atoms with Gasteiger partial charge in [0.15, 0.2) is 0 Å². The van der Waals surface area contributed by atoms with Gasteiger partial charge in [-0.3, -0.25) is 4.79 Å². The van der Waals surface area contributed by atoms with E-state index in [1.54, 1.807) is 42.6 Å². The molecule has 1 aromatic heterocycles. The van der Waals surface area contributed by atoms with Gasteiger partial charge in [-0.2, -0.15) is 5.10 Å². The Kier molecular flexibility index (Phi) is 9.17. The molecule has 10 heteroatoms. The predicted molar refractivity (Wildman–Crippen MR) is 139 cm³/mol. The summed E-state index contributed by atoms with van der Waals surface area (Å²) >= 11 is 0. The maximum absolute atomic E-state index is 13.3. The molecule has 0 spiro atoms. The highest BCUT2D eigenvalue weighted by molar-refractivity contribution is 5.87. The van der Waals surface area contributed by atoms with E-state index in [-0.39, 0.29) is 25.5 Å². The van der Waals surface area contributed by atoms with Crippen LogP contribution in [0.1, 0.15) is 22.4 Å². The maximum atomic E-state index is 13.3. The van der Waals surface area contributed by atoms with Gasteiger partial charge in [0.05, 0.1) is 12.5 Å². The lowest BCUT2D eigenvalue weighted by atomic mass is 10.1. The molecule has 0 radical (unpaired) electrons. The second-order valence-electron chi connectivity index (χ2n) is 8.26. The third-order valence-electron chi connectivity index (χ3n) is 5.36. The van der Waals surface area contributed by atoms with Crippen LogP contribution in [0.3, 0.4) is 0 Å². The lowest BCUT2D eigenvalue weighted by molar-refractivity contribution is -0.123. The Bertz CT molecular complexity index is 1350. The first-order chi connectivity index (χ1) is 18.5. The van der Waals surface area contributed by atoms with Gasteiger partial charge < -0.3 is 19.8 Å². The zero-order valence-electron chi connectivity index (χ0n) is 20.3. The number of rotatable bonds is 11. The van der Waals surface area contributed by atoms with E-state index < -0.39 is 18.0 Å². The zero-order valence-corrected chi connectivity index (χ0v) is 20.3. The quantitative estimate of drug-likeness (QED) is 0.205. The number of nitrogens with one attached hydrogen (secondary N) is 3. The number of imidazole rings is 1. The van der Waals surface area contributed by atoms with E-state index in [2.05, 4.69) is 25.8 Å². The number of hydrogen-bond acceptors (Lipinski definition) is 6. The third kappa shape index (κ3) is 8.30. The van der Waals surface area contributed by atoms with Gasteiger partial charge in [-0.05, 0) is 53.1 Å². The van der Waals surface area contributed by atoms with E-state index in [0.29, 0.717) is 17.0 Å². The molecule has 0 saturated carbocycles. The molecule has 0 fully saturated rings. The van der Waals surface area contributed by atoms with Crippen molar-refractivity contribution in [2.75, 3.05) is 0 Å². The summed E-state index contributed by atoms with van der Waals surface area (Å²) in [6, 6.07) is 21.5. The normalized spacial score (nSPS) is 11.6. The van der Waals surface area contributed by atoms with Crippen molar-refractivity contribution in [3.63, 3.8) is 0 Å². The number of carbonyl (C=O) groups excluding carboxylic acids is 2. The number of H-pyrrole nitrogens is 1. The molecule has 1 heterocycles. The van der Waals surface area contributed by atoms with Gasteiger partial charge in [0.25, 0.3) is 5.91 Å². The van der Waals surface area contributed by atoms with Crippen LogP contribution >= 0.6 is 0 Å². The average molecular weight is 516 g/mol.